The smallest absolute Gasteiger partial charge is 0.266 e. The van der Waals surface area contributed by atoms with Gasteiger partial charge in [0.1, 0.15) is 4.32 Å². The zero-order chi connectivity index (χ0) is 24.1. The zero-order valence-electron chi connectivity index (χ0n) is 17.4. The third kappa shape index (κ3) is 6.16. The number of nitrogens with one attached hydrogen (secondary N) is 2. The summed E-state index contributed by atoms with van der Waals surface area (Å²) in [5.41, 5.74) is 6.36. The minimum absolute atomic E-state index is 0.0168. The minimum Gasteiger partial charge on any atom is -0.292 e. The summed E-state index contributed by atoms with van der Waals surface area (Å²) in [6.45, 7) is 0.104. The van der Waals surface area contributed by atoms with Crippen LogP contribution in [0.5, 0.6) is 0 Å². The molecule has 2 N–H and O–H groups in total. The van der Waals surface area contributed by atoms with Gasteiger partial charge in [-0.1, -0.05) is 77.7 Å². The number of thioether (sulfide) groups is 2. The molecule has 4 rings (SSSR count). The van der Waals surface area contributed by atoms with Gasteiger partial charge in [-0.15, -0.1) is 11.3 Å². The molecule has 2 aromatic carbocycles. The van der Waals surface area contributed by atoms with Gasteiger partial charge < -0.3 is 0 Å². The van der Waals surface area contributed by atoms with Gasteiger partial charge in [-0.25, -0.2) is 4.98 Å². The second-order valence-corrected chi connectivity index (χ2v) is 11.3. The number of fused-ring (bicyclic) bond motifs is 1. The molecule has 1 aliphatic rings. The zero-order valence-corrected chi connectivity index (χ0v) is 21.5. The van der Waals surface area contributed by atoms with Gasteiger partial charge in [-0.3, -0.25) is 30.1 Å². The van der Waals surface area contributed by atoms with Crippen LogP contribution in [-0.2, 0) is 14.4 Å². The Morgan fingerprint density at radius 1 is 1.12 bits per heavy atom. The number of rotatable bonds is 7. The molecule has 0 atom stereocenters. The van der Waals surface area contributed by atoms with Crippen LogP contribution in [0.15, 0.2) is 57.8 Å². The lowest BCUT2D eigenvalue weighted by Gasteiger charge is -2.14. The van der Waals surface area contributed by atoms with Crippen LogP contribution >= 0.6 is 58.7 Å². The van der Waals surface area contributed by atoms with E-state index in [9.17, 15) is 14.4 Å². The van der Waals surface area contributed by atoms with E-state index in [0.717, 1.165) is 26.3 Å². The Morgan fingerprint density at radius 3 is 2.65 bits per heavy atom. The van der Waals surface area contributed by atoms with E-state index in [1.165, 1.54) is 28.0 Å². The largest absolute Gasteiger partial charge is 0.292 e. The number of carbonyl (C=O) groups excluding carboxylic acids is 3. The predicted octanol–water partition coefficient (Wildman–Crippen LogP) is 4.48. The average molecular weight is 549 g/mol. The van der Waals surface area contributed by atoms with Crippen LogP contribution in [0.25, 0.3) is 16.3 Å². The van der Waals surface area contributed by atoms with Gasteiger partial charge in [0.05, 0.1) is 20.9 Å². The molecule has 0 unspecified atom stereocenters. The molecule has 174 valence electrons. The molecule has 0 spiro atoms. The number of hydrogen-bond donors (Lipinski definition) is 2. The van der Waals surface area contributed by atoms with Gasteiger partial charge in [-0.2, -0.15) is 0 Å². The number of thiazole rings is 1. The normalized spacial score (nSPS) is 14.7. The Kier molecular flexibility index (Phi) is 8.22. The first-order valence-corrected chi connectivity index (χ1v) is 13.4. The highest BCUT2D eigenvalue weighted by Gasteiger charge is 2.32. The lowest BCUT2D eigenvalue weighted by molar-refractivity contribution is -0.128. The maximum atomic E-state index is 12.7. The van der Waals surface area contributed by atoms with Crippen molar-refractivity contribution in [2.75, 3.05) is 12.3 Å². The van der Waals surface area contributed by atoms with Crippen molar-refractivity contribution in [2.45, 2.75) is 10.8 Å². The molecule has 34 heavy (non-hydrogen) atoms. The molecule has 0 radical (unpaired) electrons. The molecule has 12 heteroatoms. The topological polar surface area (TPSA) is 91.4 Å². The van der Waals surface area contributed by atoms with Crippen molar-refractivity contribution in [1.82, 2.24) is 20.7 Å². The first-order valence-electron chi connectivity index (χ1n) is 9.96. The number of hydrogen-bond acceptors (Lipinski definition) is 8. The predicted molar refractivity (Wildman–Crippen MR) is 143 cm³/mol. The number of carbonyl (C=O) groups is 3. The Balaban J connectivity index is 1.22. The van der Waals surface area contributed by atoms with Crippen molar-refractivity contribution in [3.8, 4) is 0 Å². The molecular weight excluding hydrogens is 532 g/mol. The maximum Gasteiger partial charge on any atom is 0.266 e. The van der Waals surface area contributed by atoms with Crippen molar-refractivity contribution in [3.63, 3.8) is 0 Å². The van der Waals surface area contributed by atoms with Crippen molar-refractivity contribution in [2.24, 2.45) is 0 Å². The lowest BCUT2D eigenvalue weighted by Crippen LogP contribution is -2.43. The molecule has 1 fully saturated rings. The van der Waals surface area contributed by atoms with Gasteiger partial charge >= 0.3 is 0 Å². The van der Waals surface area contributed by atoms with E-state index in [2.05, 4.69) is 15.8 Å². The van der Waals surface area contributed by atoms with E-state index in [1.807, 2.05) is 36.4 Å². The molecule has 0 saturated carbocycles. The van der Waals surface area contributed by atoms with E-state index in [0.29, 0.717) is 19.8 Å². The fourth-order valence-electron chi connectivity index (χ4n) is 2.92. The van der Waals surface area contributed by atoms with Crippen LogP contribution in [0.4, 0.5) is 0 Å². The Bertz CT molecular complexity index is 1280. The molecule has 7 nitrogen and oxygen atoms in total. The highest BCUT2D eigenvalue weighted by Crippen LogP contribution is 2.33. The van der Waals surface area contributed by atoms with Crippen LogP contribution in [0, 0.1) is 0 Å². The van der Waals surface area contributed by atoms with Crippen LogP contribution in [0.1, 0.15) is 12.0 Å². The summed E-state index contributed by atoms with van der Waals surface area (Å²) < 4.78 is 2.20. The first kappa shape index (κ1) is 24.7. The number of para-hydroxylation sites is 1. The second-order valence-electron chi connectivity index (χ2n) is 6.94. The second kappa shape index (κ2) is 11.3. The minimum atomic E-state index is -0.428. The summed E-state index contributed by atoms with van der Waals surface area (Å²) in [5.74, 6) is -0.950. The van der Waals surface area contributed by atoms with E-state index < -0.39 is 5.91 Å². The molecule has 3 amide bonds. The Morgan fingerprint density at radius 2 is 1.85 bits per heavy atom. The quantitative estimate of drug-likeness (QED) is 0.195. The fourth-order valence-corrected chi connectivity index (χ4v) is 6.28. The number of hydrazine groups is 1. The molecule has 1 aromatic heterocycles. The van der Waals surface area contributed by atoms with Crippen LogP contribution < -0.4 is 10.9 Å². The third-order valence-corrected chi connectivity index (χ3v) is 8.47. The number of halogens is 1. The summed E-state index contributed by atoms with van der Waals surface area (Å²) >= 11 is 15.4. The highest BCUT2D eigenvalue weighted by molar-refractivity contribution is 8.26. The number of benzene rings is 2. The monoisotopic (exact) mass is 548 g/mol. The Hall–Kier alpha value is -2.44. The van der Waals surface area contributed by atoms with Crippen LogP contribution in [0.3, 0.4) is 0 Å². The van der Waals surface area contributed by atoms with Gasteiger partial charge in [0.2, 0.25) is 11.8 Å². The molecule has 1 aliphatic heterocycles. The summed E-state index contributed by atoms with van der Waals surface area (Å²) in [6, 6.07) is 14.9. The van der Waals surface area contributed by atoms with E-state index >= 15 is 0 Å². The van der Waals surface area contributed by atoms with Crippen molar-refractivity contribution < 1.29 is 14.4 Å². The molecular formula is C22H17ClN4O3S4. The van der Waals surface area contributed by atoms with E-state index in [1.54, 1.807) is 18.2 Å². The van der Waals surface area contributed by atoms with Crippen molar-refractivity contribution in [3.05, 3.63) is 64.0 Å². The average Bonchev–Trinajstić information content (AvgIpc) is 3.36. The van der Waals surface area contributed by atoms with Crippen LogP contribution in [0.2, 0.25) is 5.02 Å². The molecule has 0 aliphatic carbocycles. The lowest BCUT2D eigenvalue weighted by atomic mass is 10.2. The molecule has 2 heterocycles. The van der Waals surface area contributed by atoms with Gasteiger partial charge in [-0.05, 0) is 29.8 Å². The standard InChI is InChI=1S/C22H17ClN4O3S4/c23-14-6-2-1-5-13(14)11-17-20(30)27(22(31)34-17)10-9-18(28)25-26-19(29)12-32-21-24-15-7-3-4-8-16(15)33-21/h1-8,11H,9-10,12H2,(H,25,28)(H,26,29)/b17-11+. The van der Waals surface area contributed by atoms with Gasteiger partial charge in [0, 0.05) is 18.0 Å². The van der Waals surface area contributed by atoms with Crippen LogP contribution in [-0.4, -0.2) is 44.2 Å². The Labute approximate surface area is 218 Å². The van der Waals surface area contributed by atoms with Crippen molar-refractivity contribution in [1.29, 1.82) is 0 Å². The summed E-state index contributed by atoms with van der Waals surface area (Å²) in [7, 11) is 0. The van der Waals surface area contributed by atoms with E-state index in [4.69, 9.17) is 23.8 Å². The number of thiocarbonyl (C=S) groups is 1. The third-order valence-electron chi connectivity index (χ3n) is 4.57. The number of aromatic nitrogens is 1. The van der Waals surface area contributed by atoms with Gasteiger partial charge in [0.15, 0.2) is 4.34 Å². The summed E-state index contributed by atoms with van der Waals surface area (Å²) in [4.78, 5) is 43.2. The van der Waals surface area contributed by atoms with E-state index in [-0.39, 0.29) is 30.5 Å². The first-order chi connectivity index (χ1) is 16.4. The number of amides is 3. The SMILES string of the molecule is O=C(CCN1C(=O)/C(=C\c2ccccc2Cl)SC1=S)NNC(=O)CSc1nc2ccccc2s1. The molecule has 0 bridgehead atoms. The molecule has 3 aromatic rings. The number of nitrogens with zero attached hydrogens (tertiary/aromatic N) is 2. The summed E-state index contributed by atoms with van der Waals surface area (Å²) in [5, 5.41) is 0.532. The summed E-state index contributed by atoms with van der Waals surface area (Å²) in [6.07, 6.45) is 1.67. The highest BCUT2D eigenvalue weighted by atomic mass is 35.5. The fraction of sp³-hybridized carbons (Fsp3) is 0.136. The molecule has 1 saturated heterocycles. The maximum absolute atomic E-state index is 12.7. The van der Waals surface area contributed by atoms with Gasteiger partial charge in [0.25, 0.3) is 5.91 Å². The van der Waals surface area contributed by atoms with Crippen molar-refractivity contribution >= 4 is 97.0 Å².